The first-order valence-electron chi connectivity index (χ1n) is 6.91. The van der Waals surface area contributed by atoms with E-state index in [0.717, 1.165) is 18.7 Å². The van der Waals surface area contributed by atoms with Crippen LogP contribution in [0.5, 0.6) is 0 Å². The number of hydrogen-bond donors (Lipinski definition) is 3. The summed E-state index contributed by atoms with van der Waals surface area (Å²) in [5, 5.41) is 8.59. The van der Waals surface area contributed by atoms with E-state index in [0.29, 0.717) is 18.7 Å². The maximum Gasteiger partial charge on any atom is 0.254 e. The number of anilines is 1. The van der Waals surface area contributed by atoms with Gasteiger partial charge in [-0.2, -0.15) is 0 Å². The van der Waals surface area contributed by atoms with E-state index in [1.807, 2.05) is 13.8 Å². The van der Waals surface area contributed by atoms with E-state index in [9.17, 15) is 9.59 Å². The Labute approximate surface area is 119 Å². The summed E-state index contributed by atoms with van der Waals surface area (Å²) >= 11 is 0. The fourth-order valence-electron chi connectivity index (χ4n) is 1.66. The highest BCUT2D eigenvalue weighted by Crippen LogP contribution is 2.12. The van der Waals surface area contributed by atoms with Gasteiger partial charge in [0.2, 0.25) is 5.91 Å². The molecule has 0 aliphatic carbocycles. The second-order valence-electron chi connectivity index (χ2n) is 4.31. The molecule has 0 saturated carbocycles. The van der Waals surface area contributed by atoms with Crippen LogP contribution in [-0.4, -0.2) is 36.4 Å². The summed E-state index contributed by atoms with van der Waals surface area (Å²) in [4.78, 5) is 27.4. The van der Waals surface area contributed by atoms with Gasteiger partial charge in [-0.1, -0.05) is 6.92 Å². The minimum Gasteiger partial charge on any atom is -0.385 e. The van der Waals surface area contributed by atoms with Crippen LogP contribution in [0.4, 0.5) is 5.69 Å². The van der Waals surface area contributed by atoms with Crippen molar-refractivity contribution in [3.8, 4) is 0 Å². The summed E-state index contributed by atoms with van der Waals surface area (Å²) < 4.78 is 0. The average Bonchev–Trinajstić information content (AvgIpc) is 2.46. The Morgan fingerprint density at radius 1 is 1.20 bits per heavy atom. The third-order valence-corrected chi connectivity index (χ3v) is 2.64. The van der Waals surface area contributed by atoms with Crippen molar-refractivity contribution < 1.29 is 9.59 Å². The molecular formula is C14H22N4O2. The van der Waals surface area contributed by atoms with Crippen molar-refractivity contribution in [2.24, 2.45) is 0 Å². The smallest absolute Gasteiger partial charge is 0.254 e. The van der Waals surface area contributed by atoms with Gasteiger partial charge in [-0.25, -0.2) is 0 Å². The number of hydrogen-bond acceptors (Lipinski definition) is 4. The number of nitrogens with zero attached hydrogens (tertiary/aromatic N) is 1. The number of rotatable bonds is 8. The average molecular weight is 278 g/mol. The van der Waals surface area contributed by atoms with Crippen molar-refractivity contribution in [3.63, 3.8) is 0 Å². The molecule has 2 amide bonds. The van der Waals surface area contributed by atoms with E-state index in [1.54, 1.807) is 12.3 Å². The first kappa shape index (κ1) is 15.9. The second kappa shape index (κ2) is 8.90. The molecule has 0 unspecified atom stereocenters. The van der Waals surface area contributed by atoms with E-state index in [1.165, 1.54) is 6.20 Å². The van der Waals surface area contributed by atoms with E-state index in [2.05, 4.69) is 20.9 Å². The van der Waals surface area contributed by atoms with Gasteiger partial charge in [0.05, 0.1) is 11.3 Å². The van der Waals surface area contributed by atoms with Crippen LogP contribution < -0.4 is 16.0 Å². The molecule has 20 heavy (non-hydrogen) atoms. The predicted molar refractivity (Wildman–Crippen MR) is 78.7 cm³/mol. The van der Waals surface area contributed by atoms with Crippen molar-refractivity contribution >= 4 is 17.5 Å². The third kappa shape index (κ3) is 5.26. The number of carbonyl (C=O) groups is 2. The fraction of sp³-hybridized carbons (Fsp3) is 0.500. The lowest BCUT2D eigenvalue weighted by molar-refractivity contribution is -0.120. The van der Waals surface area contributed by atoms with Crippen molar-refractivity contribution in [3.05, 3.63) is 24.0 Å². The molecule has 0 aliphatic heterocycles. The summed E-state index contributed by atoms with van der Waals surface area (Å²) in [5.41, 5.74) is 1.23. The lowest BCUT2D eigenvalue weighted by atomic mass is 10.2. The fourth-order valence-corrected chi connectivity index (χ4v) is 1.66. The van der Waals surface area contributed by atoms with Crippen LogP contribution in [0.2, 0.25) is 0 Å². The van der Waals surface area contributed by atoms with Crippen molar-refractivity contribution in [2.75, 3.05) is 25.0 Å². The van der Waals surface area contributed by atoms with Gasteiger partial charge in [-0.15, -0.1) is 0 Å². The van der Waals surface area contributed by atoms with Gasteiger partial charge in [0, 0.05) is 38.4 Å². The molecule has 1 aromatic rings. The molecule has 6 nitrogen and oxygen atoms in total. The Kier molecular flexibility index (Phi) is 7.10. The predicted octanol–water partition coefficient (Wildman–Crippen LogP) is 1.16. The number of amides is 2. The lowest BCUT2D eigenvalue weighted by Crippen LogP contribution is -2.31. The van der Waals surface area contributed by atoms with Crippen molar-refractivity contribution in [1.29, 1.82) is 0 Å². The minimum absolute atomic E-state index is 0.0507. The minimum atomic E-state index is -0.225. The molecule has 0 radical (unpaired) electrons. The van der Waals surface area contributed by atoms with E-state index in [4.69, 9.17) is 0 Å². The standard InChI is InChI=1S/C14H22N4O2/c1-3-7-17-13(19)6-9-18-14(20)11-10-15-8-5-12(11)16-4-2/h5,8,10H,3-4,6-7,9H2,1-2H3,(H,15,16)(H,17,19)(H,18,20). The zero-order chi connectivity index (χ0) is 14.8. The number of nitrogens with one attached hydrogen (secondary N) is 3. The van der Waals surface area contributed by atoms with Gasteiger partial charge >= 0.3 is 0 Å². The molecule has 0 spiro atoms. The van der Waals surface area contributed by atoms with E-state index >= 15 is 0 Å². The second-order valence-corrected chi connectivity index (χ2v) is 4.31. The van der Waals surface area contributed by atoms with Crippen LogP contribution in [0, 0.1) is 0 Å². The normalized spacial score (nSPS) is 9.90. The highest BCUT2D eigenvalue weighted by molar-refractivity contribution is 5.99. The van der Waals surface area contributed by atoms with Crippen molar-refractivity contribution in [2.45, 2.75) is 26.7 Å². The molecule has 0 atom stereocenters. The lowest BCUT2D eigenvalue weighted by Gasteiger charge is -2.10. The number of pyridine rings is 1. The summed E-state index contributed by atoms with van der Waals surface area (Å²) in [6.45, 7) is 5.66. The van der Waals surface area contributed by atoms with Gasteiger partial charge < -0.3 is 16.0 Å². The maximum atomic E-state index is 12.0. The van der Waals surface area contributed by atoms with Gasteiger partial charge in [-0.05, 0) is 19.4 Å². The van der Waals surface area contributed by atoms with Crippen LogP contribution in [0.3, 0.4) is 0 Å². The molecule has 0 aliphatic rings. The SMILES string of the molecule is CCCNC(=O)CCNC(=O)c1cnccc1NCC. The van der Waals surface area contributed by atoms with Crippen molar-refractivity contribution in [1.82, 2.24) is 15.6 Å². The Hall–Kier alpha value is -2.11. The number of carbonyl (C=O) groups excluding carboxylic acids is 2. The summed E-state index contributed by atoms with van der Waals surface area (Å²) in [6.07, 6.45) is 4.33. The monoisotopic (exact) mass is 278 g/mol. The quantitative estimate of drug-likeness (QED) is 0.666. The van der Waals surface area contributed by atoms with Gasteiger partial charge in [0.25, 0.3) is 5.91 Å². The summed E-state index contributed by atoms with van der Waals surface area (Å²) in [7, 11) is 0. The summed E-state index contributed by atoms with van der Waals surface area (Å²) in [6, 6.07) is 1.76. The first-order chi connectivity index (χ1) is 9.69. The Bertz CT molecular complexity index is 449. The molecule has 1 heterocycles. The zero-order valence-corrected chi connectivity index (χ0v) is 12.0. The maximum absolute atomic E-state index is 12.0. The molecule has 0 aromatic carbocycles. The molecule has 110 valence electrons. The van der Waals surface area contributed by atoms with Crippen LogP contribution in [0.15, 0.2) is 18.5 Å². The first-order valence-corrected chi connectivity index (χ1v) is 6.91. The summed E-state index contributed by atoms with van der Waals surface area (Å²) in [5.74, 6) is -0.275. The molecule has 0 bridgehead atoms. The van der Waals surface area contributed by atoms with Crippen LogP contribution >= 0.6 is 0 Å². The van der Waals surface area contributed by atoms with E-state index < -0.39 is 0 Å². The Balaban J connectivity index is 2.45. The van der Waals surface area contributed by atoms with Gasteiger partial charge in [0.15, 0.2) is 0 Å². The van der Waals surface area contributed by atoms with Gasteiger partial charge in [-0.3, -0.25) is 14.6 Å². The van der Waals surface area contributed by atoms with Crippen LogP contribution in [0.25, 0.3) is 0 Å². The number of aromatic nitrogens is 1. The largest absolute Gasteiger partial charge is 0.385 e. The molecule has 1 rings (SSSR count). The molecule has 0 saturated heterocycles. The van der Waals surface area contributed by atoms with E-state index in [-0.39, 0.29) is 18.2 Å². The third-order valence-electron chi connectivity index (χ3n) is 2.64. The van der Waals surface area contributed by atoms with Crippen LogP contribution in [0.1, 0.15) is 37.0 Å². The molecule has 0 fully saturated rings. The molecule has 1 aromatic heterocycles. The zero-order valence-electron chi connectivity index (χ0n) is 12.0. The highest BCUT2D eigenvalue weighted by Gasteiger charge is 2.11. The van der Waals surface area contributed by atoms with Crippen LogP contribution in [-0.2, 0) is 4.79 Å². The van der Waals surface area contributed by atoms with Gasteiger partial charge in [0.1, 0.15) is 0 Å². The Morgan fingerprint density at radius 3 is 2.70 bits per heavy atom. The topological polar surface area (TPSA) is 83.1 Å². The molecule has 3 N–H and O–H groups in total. The molecular weight excluding hydrogens is 256 g/mol. The highest BCUT2D eigenvalue weighted by atomic mass is 16.2. The molecule has 6 heteroatoms. The Morgan fingerprint density at radius 2 is 2.00 bits per heavy atom.